The minimum atomic E-state index is -1.11. The molecule has 2 N–H and O–H groups in total. The average Bonchev–Trinajstić information content (AvgIpc) is 2.96. The average molecular weight is 348 g/mol. The van der Waals surface area contributed by atoms with Gasteiger partial charge < -0.3 is 24.5 Å². The van der Waals surface area contributed by atoms with Crippen molar-refractivity contribution >= 4 is 16.9 Å². The molecule has 0 aliphatic rings. The number of hydrogen-bond acceptors (Lipinski definition) is 5. The molecule has 0 spiro atoms. The van der Waals surface area contributed by atoms with E-state index in [2.05, 4.69) is 17.1 Å². The number of carbonyl (C=O) groups excluding carboxylic acids is 1. The number of rotatable bonds is 10. The van der Waals surface area contributed by atoms with Gasteiger partial charge in [0.2, 0.25) is 0 Å². The summed E-state index contributed by atoms with van der Waals surface area (Å²) in [7, 11) is 1.69. The number of likely N-dealkylation sites (N-methyl/N-ethyl adjacent to an activating group) is 1. The second-order valence-corrected chi connectivity index (χ2v) is 5.97. The number of nitrogens with zero attached hydrogens (tertiary/aromatic N) is 1. The molecule has 0 bridgehead atoms. The molecule has 1 aromatic heterocycles. The largest absolute Gasteiger partial charge is 0.464 e. The number of H-pyrrole nitrogens is 1. The van der Waals surface area contributed by atoms with E-state index in [0.29, 0.717) is 6.61 Å². The van der Waals surface area contributed by atoms with Gasteiger partial charge in [-0.3, -0.25) is 0 Å². The summed E-state index contributed by atoms with van der Waals surface area (Å²) in [4.78, 5) is 17.1. The fourth-order valence-electron chi connectivity index (χ4n) is 2.98. The lowest BCUT2D eigenvalue weighted by atomic mass is 10.1. The Kier molecular flexibility index (Phi) is 7.43. The van der Waals surface area contributed by atoms with Crippen LogP contribution in [0.25, 0.3) is 10.9 Å². The first kappa shape index (κ1) is 19.4. The summed E-state index contributed by atoms with van der Waals surface area (Å²) in [6.45, 7) is 6.32. The highest BCUT2D eigenvalue weighted by Crippen LogP contribution is 2.23. The van der Waals surface area contributed by atoms with Gasteiger partial charge in [-0.1, -0.05) is 25.1 Å². The Morgan fingerprint density at radius 3 is 2.76 bits per heavy atom. The van der Waals surface area contributed by atoms with Crippen molar-refractivity contribution in [2.24, 2.45) is 0 Å². The van der Waals surface area contributed by atoms with Crippen LogP contribution >= 0.6 is 0 Å². The first-order valence-corrected chi connectivity index (χ1v) is 8.75. The second-order valence-electron chi connectivity index (χ2n) is 5.97. The summed E-state index contributed by atoms with van der Waals surface area (Å²) in [5, 5.41) is 11.1. The summed E-state index contributed by atoms with van der Waals surface area (Å²) in [6.07, 6.45) is -0.322. The fourth-order valence-corrected chi connectivity index (χ4v) is 2.98. The van der Waals surface area contributed by atoms with Crippen molar-refractivity contribution in [1.29, 1.82) is 0 Å². The van der Waals surface area contributed by atoms with Crippen molar-refractivity contribution in [2.45, 2.75) is 33.0 Å². The van der Waals surface area contributed by atoms with Crippen molar-refractivity contribution in [3.8, 4) is 0 Å². The van der Waals surface area contributed by atoms with Gasteiger partial charge >= 0.3 is 5.97 Å². The zero-order valence-electron chi connectivity index (χ0n) is 15.2. The predicted octanol–water partition coefficient (Wildman–Crippen LogP) is 2.10. The van der Waals surface area contributed by atoms with Gasteiger partial charge in [-0.05, 0) is 19.5 Å². The van der Waals surface area contributed by atoms with Crippen molar-refractivity contribution in [2.75, 3.05) is 33.4 Å². The van der Waals surface area contributed by atoms with Crippen LogP contribution in [0.4, 0.5) is 0 Å². The molecule has 6 heteroatoms. The van der Waals surface area contributed by atoms with Gasteiger partial charge in [-0.15, -0.1) is 0 Å². The van der Waals surface area contributed by atoms with Crippen LogP contribution in [0.15, 0.2) is 24.3 Å². The Balaban J connectivity index is 2.04. The summed E-state index contributed by atoms with van der Waals surface area (Å²) in [6, 6.07) is 8.17. The van der Waals surface area contributed by atoms with Gasteiger partial charge in [0.25, 0.3) is 0 Å². The van der Waals surface area contributed by atoms with Crippen LogP contribution in [0.3, 0.4) is 0 Å². The lowest BCUT2D eigenvalue weighted by molar-refractivity contribution is -0.153. The number of aliphatic hydroxyl groups is 1. The lowest BCUT2D eigenvalue weighted by Gasteiger charge is -2.22. The Labute approximate surface area is 148 Å². The number of para-hydroxylation sites is 1. The summed E-state index contributed by atoms with van der Waals surface area (Å²) in [5.74, 6) is -0.563. The monoisotopic (exact) mass is 348 g/mol. The molecule has 1 aromatic carbocycles. The maximum Gasteiger partial charge on any atom is 0.336 e. The van der Waals surface area contributed by atoms with Gasteiger partial charge in [-0.2, -0.15) is 0 Å². The molecule has 1 atom stereocenters. The van der Waals surface area contributed by atoms with Crippen LogP contribution in [-0.2, 0) is 27.3 Å². The van der Waals surface area contributed by atoms with E-state index >= 15 is 0 Å². The third kappa shape index (κ3) is 5.04. The number of methoxy groups -OCH3 is 1. The zero-order chi connectivity index (χ0) is 18.2. The number of fused-ring (bicyclic) bond motifs is 1. The lowest BCUT2D eigenvalue weighted by Crippen LogP contribution is -2.38. The number of aromatic amines is 1. The smallest absolute Gasteiger partial charge is 0.336 e. The van der Waals surface area contributed by atoms with E-state index in [9.17, 15) is 9.90 Å². The SMILES string of the molecule is CCOC(=O)C(O)CN(CC)CCc1[nH]c2ccccc2c1COC. The summed E-state index contributed by atoms with van der Waals surface area (Å²) < 4.78 is 10.2. The minimum absolute atomic E-state index is 0.273. The standard InChI is InChI=1S/C19H28N2O4/c1-4-21(12-18(22)19(23)25-5-2)11-10-17-15(13-24-3)14-8-6-7-9-16(14)20-17/h6-9,18,20,22H,4-5,10-13H2,1-3H3. The molecule has 138 valence electrons. The molecule has 25 heavy (non-hydrogen) atoms. The number of nitrogens with one attached hydrogen (secondary N) is 1. The van der Waals surface area contributed by atoms with E-state index in [1.165, 1.54) is 10.9 Å². The molecule has 2 aromatic rings. The first-order valence-electron chi connectivity index (χ1n) is 8.75. The van der Waals surface area contributed by atoms with E-state index in [4.69, 9.17) is 9.47 Å². The van der Waals surface area contributed by atoms with Gasteiger partial charge in [0.15, 0.2) is 6.10 Å². The van der Waals surface area contributed by atoms with Crippen LogP contribution in [0.5, 0.6) is 0 Å². The van der Waals surface area contributed by atoms with Gasteiger partial charge in [0.1, 0.15) is 0 Å². The molecule has 0 saturated carbocycles. The molecule has 1 heterocycles. The van der Waals surface area contributed by atoms with E-state index in [1.54, 1.807) is 14.0 Å². The molecule has 1 unspecified atom stereocenters. The van der Waals surface area contributed by atoms with Crippen LogP contribution in [0.2, 0.25) is 0 Å². The van der Waals surface area contributed by atoms with E-state index in [0.717, 1.165) is 30.7 Å². The van der Waals surface area contributed by atoms with Crippen molar-refractivity contribution in [3.63, 3.8) is 0 Å². The van der Waals surface area contributed by atoms with Crippen LogP contribution in [0.1, 0.15) is 25.1 Å². The van der Waals surface area contributed by atoms with Crippen LogP contribution in [0, 0.1) is 0 Å². The number of aromatic nitrogens is 1. The number of benzene rings is 1. The molecule has 0 saturated heterocycles. The van der Waals surface area contributed by atoms with Crippen molar-refractivity contribution in [3.05, 3.63) is 35.5 Å². The molecule has 0 fully saturated rings. The molecule has 0 radical (unpaired) electrons. The topological polar surface area (TPSA) is 74.8 Å². The first-order chi connectivity index (χ1) is 12.1. The Morgan fingerprint density at radius 2 is 2.08 bits per heavy atom. The Bertz CT molecular complexity index is 683. The van der Waals surface area contributed by atoms with E-state index < -0.39 is 12.1 Å². The number of ether oxygens (including phenoxy) is 2. The number of carbonyl (C=O) groups is 1. The number of aliphatic hydroxyl groups excluding tert-OH is 1. The molecule has 6 nitrogen and oxygen atoms in total. The van der Waals surface area contributed by atoms with Gasteiger partial charge in [0.05, 0.1) is 13.2 Å². The molecule has 0 aliphatic heterocycles. The Hall–Kier alpha value is -1.89. The minimum Gasteiger partial charge on any atom is -0.464 e. The predicted molar refractivity (Wildman–Crippen MR) is 97.5 cm³/mol. The molecule has 2 rings (SSSR count). The zero-order valence-corrected chi connectivity index (χ0v) is 15.2. The molecular formula is C19H28N2O4. The summed E-state index contributed by atoms with van der Waals surface area (Å²) >= 11 is 0. The highest BCUT2D eigenvalue weighted by molar-refractivity contribution is 5.84. The maximum atomic E-state index is 11.6. The van der Waals surface area contributed by atoms with Gasteiger partial charge in [-0.25, -0.2) is 4.79 Å². The number of esters is 1. The molecule has 0 aliphatic carbocycles. The van der Waals surface area contributed by atoms with Crippen LogP contribution < -0.4 is 0 Å². The quantitative estimate of drug-likeness (QED) is 0.643. The Morgan fingerprint density at radius 1 is 1.32 bits per heavy atom. The van der Waals surface area contributed by atoms with Crippen LogP contribution in [-0.4, -0.2) is 60.4 Å². The van der Waals surface area contributed by atoms with Crippen molar-refractivity contribution in [1.82, 2.24) is 9.88 Å². The fraction of sp³-hybridized carbons (Fsp3) is 0.526. The maximum absolute atomic E-state index is 11.6. The third-order valence-corrected chi connectivity index (χ3v) is 4.31. The summed E-state index contributed by atoms with van der Waals surface area (Å²) in [5.41, 5.74) is 3.39. The number of hydrogen-bond donors (Lipinski definition) is 2. The second kappa shape index (κ2) is 9.56. The van der Waals surface area contributed by atoms with Crippen molar-refractivity contribution < 1.29 is 19.4 Å². The van der Waals surface area contributed by atoms with E-state index in [1.807, 2.05) is 24.0 Å². The third-order valence-electron chi connectivity index (χ3n) is 4.31. The molecular weight excluding hydrogens is 320 g/mol. The highest BCUT2D eigenvalue weighted by atomic mass is 16.5. The van der Waals surface area contributed by atoms with E-state index in [-0.39, 0.29) is 13.2 Å². The highest BCUT2D eigenvalue weighted by Gasteiger charge is 2.20. The molecule has 0 amide bonds. The normalized spacial score (nSPS) is 12.7. The van der Waals surface area contributed by atoms with Gasteiger partial charge in [0, 0.05) is 48.8 Å².